The first-order valence-electron chi connectivity index (χ1n) is 13.3. The topological polar surface area (TPSA) is 86.7 Å². The van der Waals surface area contributed by atoms with Crippen molar-refractivity contribution >= 4 is 41.0 Å². The summed E-state index contributed by atoms with van der Waals surface area (Å²) in [5.41, 5.74) is 3.29. The third-order valence-corrected chi connectivity index (χ3v) is 7.47. The van der Waals surface area contributed by atoms with Gasteiger partial charge in [-0.05, 0) is 72.0 Å². The molecule has 2 amide bonds. The molecule has 0 aromatic heterocycles. The molecular formula is C33H29Cl2FN2O4. The van der Waals surface area contributed by atoms with E-state index in [1.54, 1.807) is 85.8 Å². The molecule has 2 N–H and O–H groups in total. The lowest BCUT2D eigenvalue weighted by Crippen LogP contribution is -2.35. The quantitative estimate of drug-likeness (QED) is 0.186. The monoisotopic (exact) mass is 606 g/mol. The number of carboxylic acid groups (broad SMARTS) is 1. The van der Waals surface area contributed by atoms with E-state index in [-0.39, 0.29) is 37.1 Å². The van der Waals surface area contributed by atoms with E-state index in [9.17, 15) is 23.9 Å². The molecule has 0 aliphatic rings. The van der Waals surface area contributed by atoms with Gasteiger partial charge in [0, 0.05) is 34.3 Å². The van der Waals surface area contributed by atoms with E-state index in [4.69, 9.17) is 23.2 Å². The van der Waals surface area contributed by atoms with Crippen molar-refractivity contribution in [1.29, 1.82) is 0 Å². The highest BCUT2D eigenvalue weighted by Gasteiger charge is 2.23. The molecule has 4 rings (SSSR count). The summed E-state index contributed by atoms with van der Waals surface area (Å²) < 4.78 is 13.4. The Hall–Kier alpha value is -4.20. The van der Waals surface area contributed by atoms with Crippen molar-refractivity contribution < 1.29 is 23.9 Å². The second-order valence-electron chi connectivity index (χ2n) is 9.76. The minimum atomic E-state index is -1.03. The lowest BCUT2D eigenvalue weighted by molar-refractivity contribution is -0.137. The number of benzene rings is 4. The van der Waals surface area contributed by atoms with Crippen LogP contribution >= 0.6 is 23.2 Å². The smallest absolute Gasteiger partial charge is 0.305 e. The van der Waals surface area contributed by atoms with Gasteiger partial charge in [0.2, 0.25) is 0 Å². The van der Waals surface area contributed by atoms with Crippen LogP contribution in [0.5, 0.6) is 0 Å². The summed E-state index contributed by atoms with van der Waals surface area (Å²) in [7, 11) is 0. The SMILES string of the molecule is CC(NC(=O)c1ccccc1-c1ccccc1C(=O)N(CCC(=O)O)CCc1ccc(Cl)cc1Cl)c1ccc(F)cc1. The zero-order chi connectivity index (χ0) is 30.2. The standard InChI is InChI=1S/C33H29Cl2FN2O4/c1-21(22-11-14-25(36)15-12-22)37-32(41)28-8-4-2-6-26(28)27-7-3-5-9-29(27)33(42)38(19-17-31(39)40)18-16-23-10-13-24(34)20-30(23)35/h2-15,20-21H,16-19H2,1H3,(H,37,41)(H,39,40). The molecule has 0 saturated heterocycles. The summed E-state index contributed by atoms with van der Waals surface area (Å²) in [5.74, 6) is -2.11. The van der Waals surface area contributed by atoms with Crippen molar-refractivity contribution in [2.45, 2.75) is 25.8 Å². The molecule has 0 heterocycles. The van der Waals surface area contributed by atoms with Crippen LogP contribution in [0.15, 0.2) is 91.0 Å². The van der Waals surface area contributed by atoms with Crippen LogP contribution in [0.2, 0.25) is 10.0 Å². The second kappa shape index (κ2) is 14.1. The summed E-state index contributed by atoms with van der Waals surface area (Å²) in [6.45, 7) is 2.02. The molecule has 0 radical (unpaired) electrons. The summed E-state index contributed by atoms with van der Waals surface area (Å²) in [6, 6.07) is 24.5. The van der Waals surface area contributed by atoms with Gasteiger partial charge in [0.05, 0.1) is 12.5 Å². The van der Waals surface area contributed by atoms with Crippen LogP contribution in [0.3, 0.4) is 0 Å². The summed E-state index contributed by atoms with van der Waals surface area (Å²) in [5, 5.41) is 13.2. The molecule has 0 aliphatic heterocycles. The van der Waals surface area contributed by atoms with Crippen molar-refractivity contribution in [3.8, 4) is 11.1 Å². The molecular weight excluding hydrogens is 578 g/mol. The van der Waals surface area contributed by atoms with E-state index in [2.05, 4.69) is 5.32 Å². The van der Waals surface area contributed by atoms with E-state index >= 15 is 0 Å². The Balaban J connectivity index is 1.63. The molecule has 42 heavy (non-hydrogen) atoms. The number of halogens is 3. The molecule has 6 nitrogen and oxygen atoms in total. The van der Waals surface area contributed by atoms with Crippen LogP contribution in [0.4, 0.5) is 4.39 Å². The highest BCUT2D eigenvalue weighted by atomic mass is 35.5. The number of aliphatic carboxylic acids is 1. The zero-order valence-corrected chi connectivity index (χ0v) is 24.3. The maximum absolute atomic E-state index is 13.9. The summed E-state index contributed by atoms with van der Waals surface area (Å²) in [4.78, 5) is 40.3. The Bertz CT molecular complexity index is 1590. The molecule has 0 fully saturated rings. The fraction of sp³-hybridized carbons (Fsp3) is 0.182. The largest absolute Gasteiger partial charge is 0.481 e. The van der Waals surface area contributed by atoms with Gasteiger partial charge < -0.3 is 15.3 Å². The molecule has 4 aromatic rings. The van der Waals surface area contributed by atoms with Crippen LogP contribution in [-0.2, 0) is 11.2 Å². The fourth-order valence-corrected chi connectivity index (χ4v) is 5.13. The Morgan fingerprint density at radius 2 is 1.48 bits per heavy atom. The molecule has 216 valence electrons. The van der Waals surface area contributed by atoms with Crippen LogP contribution < -0.4 is 5.32 Å². The minimum Gasteiger partial charge on any atom is -0.481 e. The fourth-order valence-electron chi connectivity index (χ4n) is 4.63. The van der Waals surface area contributed by atoms with Crippen LogP contribution in [-0.4, -0.2) is 40.9 Å². The van der Waals surface area contributed by atoms with Gasteiger partial charge in [-0.25, -0.2) is 4.39 Å². The normalized spacial score (nSPS) is 11.5. The first-order valence-corrected chi connectivity index (χ1v) is 14.1. The van der Waals surface area contributed by atoms with Crippen molar-refractivity contribution in [3.63, 3.8) is 0 Å². The molecule has 1 atom stereocenters. The van der Waals surface area contributed by atoms with Crippen LogP contribution in [0.1, 0.15) is 51.2 Å². The first kappa shape index (κ1) is 30.8. The van der Waals surface area contributed by atoms with Gasteiger partial charge >= 0.3 is 5.97 Å². The Kier molecular flexibility index (Phi) is 10.3. The van der Waals surface area contributed by atoms with Gasteiger partial charge in [0.1, 0.15) is 5.82 Å². The van der Waals surface area contributed by atoms with Gasteiger partial charge in [0.25, 0.3) is 11.8 Å². The average molecular weight is 608 g/mol. The van der Waals surface area contributed by atoms with Crippen molar-refractivity contribution in [1.82, 2.24) is 10.2 Å². The van der Waals surface area contributed by atoms with Gasteiger partial charge in [-0.1, -0.05) is 77.8 Å². The number of hydrogen-bond acceptors (Lipinski definition) is 3. The molecule has 1 unspecified atom stereocenters. The molecule has 0 aliphatic carbocycles. The zero-order valence-electron chi connectivity index (χ0n) is 22.8. The number of carbonyl (C=O) groups is 3. The van der Waals surface area contributed by atoms with Gasteiger partial charge in [-0.2, -0.15) is 0 Å². The highest BCUT2D eigenvalue weighted by Crippen LogP contribution is 2.29. The number of hydrogen-bond donors (Lipinski definition) is 2. The maximum atomic E-state index is 13.9. The first-order chi connectivity index (χ1) is 20.1. The summed E-state index contributed by atoms with van der Waals surface area (Å²) >= 11 is 12.3. The third-order valence-electron chi connectivity index (χ3n) is 6.89. The number of rotatable bonds is 11. The number of carbonyl (C=O) groups excluding carboxylic acids is 2. The number of nitrogens with one attached hydrogen (secondary N) is 1. The molecule has 0 saturated carbocycles. The lowest BCUT2D eigenvalue weighted by Gasteiger charge is -2.24. The van der Waals surface area contributed by atoms with Gasteiger partial charge in [-0.3, -0.25) is 14.4 Å². The third kappa shape index (κ3) is 7.75. The Morgan fingerprint density at radius 3 is 2.12 bits per heavy atom. The number of carboxylic acids is 1. The Labute approximate surface area is 253 Å². The second-order valence-corrected chi connectivity index (χ2v) is 10.6. The van der Waals surface area contributed by atoms with Crippen molar-refractivity contribution in [3.05, 3.63) is 129 Å². The molecule has 0 bridgehead atoms. The van der Waals surface area contributed by atoms with Gasteiger partial charge in [0.15, 0.2) is 0 Å². The lowest BCUT2D eigenvalue weighted by atomic mass is 9.94. The van der Waals surface area contributed by atoms with E-state index in [0.717, 1.165) is 11.1 Å². The molecule has 9 heteroatoms. The van der Waals surface area contributed by atoms with Crippen LogP contribution in [0, 0.1) is 5.82 Å². The number of nitrogens with zero attached hydrogens (tertiary/aromatic N) is 1. The number of amides is 2. The van der Waals surface area contributed by atoms with E-state index in [1.165, 1.54) is 17.0 Å². The highest BCUT2D eigenvalue weighted by molar-refractivity contribution is 6.35. The molecule has 4 aromatic carbocycles. The Morgan fingerprint density at radius 1 is 0.857 bits per heavy atom. The maximum Gasteiger partial charge on any atom is 0.305 e. The predicted octanol–water partition coefficient (Wildman–Crippen LogP) is 7.45. The van der Waals surface area contributed by atoms with Crippen molar-refractivity contribution in [2.75, 3.05) is 13.1 Å². The van der Waals surface area contributed by atoms with Crippen LogP contribution in [0.25, 0.3) is 11.1 Å². The minimum absolute atomic E-state index is 0.00890. The van der Waals surface area contributed by atoms with E-state index < -0.39 is 12.0 Å². The molecule has 0 spiro atoms. The summed E-state index contributed by atoms with van der Waals surface area (Å²) in [6.07, 6.45) is 0.159. The van der Waals surface area contributed by atoms with Gasteiger partial charge in [-0.15, -0.1) is 0 Å². The van der Waals surface area contributed by atoms with E-state index in [0.29, 0.717) is 38.7 Å². The predicted molar refractivity (Wildman–Crippen MR) is 162 cm³/mol. The average Bonchev–Trinajstić information content (AvgIpc) is 2.98. The van der Waals surface area contributed by atoms with E-state index in [1.807, 2.05) is 0 Å². The van der Waals surface area contributed by atoms with Crippen molar-refractivity contribution in [2.24, 2.45) is 0 Å².